The summed E-state index contributed by atoms with van der Waals surface area (Å²) in [6.45, 7) is 3.21. The first-order valence-corrected chi connectivity index (χ1v) is 5.74. The van der Waals surface area contributed by atoms with Crippen LogP contribution in [0, 0.1) is 5.82 Å². The van der Waals surface area contributed by atoms with Crippen molar-refractivity contribution in [1.29, 1.82) is 0 Å². The van der Waals surface area contributed by atoms with Crippen molar-refractivity contribution in [3.8, 4) is 0 Å². The number of benzene rings is 1. The maximum absolute atomic E-state index is 13.3. The van der Waals surface area contributed by atoms with Crippen LogP contribution in [0.3, 0.4) is 0 Å². The van der Waals surface area contributed by atoms with Gasteiger partial charge in [-0.2, -0.15) is 0 Å². The molecular weight excluding hydrogens is 213 g/mol. The molecule has 1 saturated heterocycles. The Hall–Kier alpha value is -0.600. The molecule has 0 radical (unpaired) electrons. The lowest BCUT2D eigenvalue weighted by Gasteiger charge is -2.19. The molecule has 0 bridgehead atoms. The van der Waals surface area contributed by atoms with Crippen LogP contribution >= 0.6 is 11.6 Å². The summed E-state index contributed by atoms with van der Waals surface area (Å²) >= 11 is 5.65. The van der Waals surface area contributed by atoms with Crippen LogP contribution in [0.4, 0.5) is 4.39 Å². The van der Waals surface area contributed by atoms with Gasteiger partial charge in [-0.25, -0.2) is 4.39 Å². The number of hydrogen-bond donors (Lipinski definition) is 1. The second-order valence-electron chi connectivity index (χ2n) is 4.17. The highest BCUT2D eigenvalue weighted by Gasteiger charge is 2.22. The van der Waals surface area contributed by atoms with Crippen LogP contribution in [0.1, 0.15) is 31.2 Å². The highest BCUT2D eigenvalue weighted by Crippen LogP contribution is 2.27. The molecule has 2 rings (SSSR count). The Morgan fingerprint density at radius 2 is 2.33 bits per heavy atom. The summed E-state index contributed by atoms with van der Waals surface area (Å²) in [5.41, 5.74) is 1.02. The van der Waals surface area contributed by atoms with Crippen LogP contribution in [0.15, 0.2) is 18.2 Å². The lowest BCUT2D eigenvalue weighted by molar-refractivity contribution is 0.514. The maximum Gasteiger partial charge on any atom is 0.142 e. The predicted octanol–water partition coefficient (Wildman–Crippen LogP) is 3.33. The van der Waals surface area contributed by atoms with Gasteiger partial charge < -0.3 is 5.32 Å². The summed E-state index contributed by atoms with van der Waals surface area (Å²) in [7, 11) is 0. The molecule has 3 heteroatoms. The topological polar surface area (TPSA) is 12.0 Å². The minimum absolute atomic E-state index is 0.199. The van der Waals surface area contributed by atoms with Gasteiger partial charge in [0.1, 0.15) is 5.82 Å². The van der Waals surface area contributed by atoms with Crippen LogP contribution in [-0.4, -0.2) is 12.6 Å². The van der Waals surface area contributed by atoms with Crippen LogP contribution < -0.4 is 5.32 Å². The average molecular weight is 228 g/mol. The lowest BCUT2D eigenvalue weighted by Crippen LogP contribution is -2.27. The third-order valence-electron chi connectivity index (χ3n) is 3.17. The molecule has 0 aromatic heterocycles. The SMILES string of the molecule is CC(c1ccc(Cl)c(F)c1)C1CCCN1. The number of halogens is 2. The standard InChI is InChI=1S/C12H15ClFN/c1-8(12-3-2-6-15-12)9-4-5-10(13)11(14)7-9/h4-5,7-8,12,15H,2-3,6H2,1H3. The van der Waals surface area contributed by atoms with E-state index < -0.39 is 0 Å². The molecule has 1 aromatic carbocycles. The molecule has 15 heavy (non-hydrogen) atoms. The van der Waals surface area contributed by atoms with E-state index in [0.29, 0.717) is 12.0 Å². The molecule has 2 atom stereocenters. The Morgan fingerprint density at radius 1 is 1.53 bits per heavy atom. The van der Waals surface area contributed by atoms with E-state index in [1.165, 1.54) is 12.8 Å². The number of hydrogen-bond acceptors (Lipinski definition) is 1. The van der Waals surface area contributed by atoms with Crippen molar-refractivity contribution in [2.24, 2.45) is 0 Å². The van der Waals surface area contributed by atoms with Crippen molar-refractivity contribution in [2.75, 3.05) is 6.54 Å². The summed E-state index contributed by atoms with van der Waals surface area (Å²) in [4.78, 5) is 0. The summed E-state index contributed by atoms with van der Waals surface area (Å²) in [5, 5.41) is 3.63. The van der Waals surface area contributed by atoms with E-state index >= 15 is 0 Å². The molecule has 0 amide bonds. The van der Waals surface area contributed by atoms with Gasteiger partial charge in [0.15, 0.2) is 0 Å². The van der Waals surface area contributed by atoms with Gasteiger partial charge in [0.25, 0.3) is 0 Å². The molecule has 2 unspecified atom stereocenters. The van der Waals surface area contributed by atoms with E-state index in [4.69, 9.17) is 11.6 Å². The third-order valence-corrected chi connectivity index (χ3v) is 3.48. The van der Waals surface area contributed by atoms with Crippen LogP contribution in [0.2, 0.25) is 5.02 Å². The van der Waals surface area contributed by atoms with Crippen LogP contribution in [0.25, 0.3) is 0 Å². The Bertz CT molecular complexity index is 347. The monoisotopic (exact) mass is 227 g/mol. The van der Waals surface area contributed by atoms with Crippen molar-refractivity contribution in [1.82, 2.24) is 5.32 Å². The van der Waals surface area contributed by atoms with Gasteiger partial charge in [0, 0.05) is 6.04 Å². The minimum Gasteiger partial charge on any atom is -0.313 e. The van der Waals surface area contributed by atoms with Crippen molar-refractivity contribution >= 4 is 11.6 Å². The number of rotatable bonds is 2. The highest BCUT2D eigenvalue weighted by molar-refractivity contribution is 6.30. The molecular formula is C12H15ClFN. The van der Waals surface area contributed by atoms with E-state index in [1.54, 1.807) is 12.1 Å². The first-order chi connectivity index (χ1) is 7.18. The quantitative estimate of drug-likeness (QED) is 0.817. The zero-order valence-corrected chi connectivity index (χ0v) is 9.52. The Kier molecular flexibility index (Phi) is 3.27. The normalized spacial score (nSPS) is 23.0. The van der Waals surface area contributed by atoms with Crippen LogP contribution in [0.5, 0.6) is 0 Å². The maximum atomic E-state index is 13.3. The zero-order valence-electron chi connectivity index (χ0n) is 8.76. The number of nitrogens with one attached hydrogen (secondary N) is 1. The van der Waals surface area contributed by atoms with Gasteiger partial charge >= 0.3 is 0 Å². The smallest absolute Gasteiger partial charge is 0.142 e. The van der Waals surface area contributed by atoms with E-state index in [9.17, 15) is 4.39 Å². The van der Waals surface area contributed by atoms with E-state index in [2.05, 4.69) is 12.2 Å². The van der Waals surface area contributed by atoms with Gasteiger partial charge in [0.05, 0.1) is 5.02 Å². The largest absolute Gasteiger partial charge is 0.313 e. The lowest BCUT2D eigenvalue weighted by atomic mass is 9.92. The summed E-state index contributed by atoms with van der Waals surface area (Å²) in [6.07, 6.45) is 2.39. The zero-order chi connectivity index (χ0) is 10.8. The van der Waals surface area contributed by atoms with Gasteiger partial charge in [-0.3, -0.25) is 0 Å². The van der Waals surface area contributed by atoms with E-state index in [1.807, 2.05) is 6.07 Å². The fourth-order valence-corrected chi connectivity index (χ4v) is 2.28. The molecule has 1 N–H and O–H groups in total. The molecule has 1 aliphatic heterocycles. The summed E-state index contributed by atoms with van der Waals surface area (Å²) in [5.74, 6) is 0.0262. The summed E-state index contributed by atoms with van der Waals surface area (Å²) < 4.78 is 13.3. The van der Waals surface area contributed by atoms with Crippen molar-refractivity contribution < 1.29 is 4.39 Å². The molecule has 0 aliphatic carbocycles. The second kappa shape index (κ2) is 4.50. The Labute approximate surface area is 94.6 Å². The highest BCUT2D eigenvalue weighted by atomic mass is 35.5. The molecule has 1 heterocycles. The predicted molar refractivity (Wildman–Crippen MR) is 60.8 cm³/mol. The first-order valence-electron chi connectivity index (χ1n) is 5.37. The van der Waals surface area contributed by atoms with Gasteiger partial charge in [-0.05, 0) is 43.0 Å². The van der Waals surface area contributed by atoms with Crippen molar-refractivity contribution in [3.63, 3.8) is 0 Å². The van der Waals surface area contributed by atoms with Crippen molar-refractivity contribution in [2.45, 2.75) is 31.7 Å². The van der Waals surface area contributed by atoms with Gasteiger partial charge in [0.2, 0.25) is 0 Å². The molecule has 1 nitrogen and oxygen atoms in total. The molecule has 0 spiro atoms. The molecule has 1 fully saturated rings. The van der Waals surface area contributed by atoms with E-state index in [-0.39, 0.29) is 10.8 Å². The van der Waals surface area contributed by atoms with Gasteiger partial charge in [-0.15, -0.1) is 0 Å². The Morgan fingerprint density at radius 3 is 2.93 bits per heavy atom. The average Bonchev–Trinajstić information content (AvgIpc) is 2.74. The Balaban J connectivity index is 2.17. The first kappa shape index (κ1) is 10.9. The van der Waals surface area contributed by atoms with Crippen LogP contribution in [-0.2, 0) is 0 Å². The van der Waals surface area contributed by atoms with Crippen molar-refractivity contribution in [3.05, 3.63) is 34.6 Å². The summed E-state index contributed by atoms with van der Waals surface area (Å²) in [6, 6.07) is 5.58. The van der Waals surface area contributed by atoms with E-state index in [0.717, 1.165) is 12.1 Å². The molecule has 1 aliphatic rings. The molecule has 82 valence electrons. The molecule has 0 saturated carbocycles. The van der Waals surface area contributed by atoms with Gasteiger partial charge in [-0.1, -0.05) is 24.6 Å². The fourth-order valence-electron chi connectivity index (χ4n) is 2.17. The fraction of sp³-hybridized carbons (Fsp3) is 0.500. The second-order valence-corrected chi connectivity index (χ2v) is 4.57. The minimum atomic E-state index is -0.320. The third kappa shape index (κ3) is 2.32. The molecule has 1 aromatic rings.